The number of hydrogen-bond acceptors (Lipinski definition) is 3. The first-order chi connectivity index (χ1) is 9.13. The van der Waals surface area contributed by atoms with Gasteiger partial charge in [0.2, 0.25) is 0 Å². The van der Waals surface area contributed by atoms with Gasteiger partial charge in [0.15, 0.2) is 0 Å². The predicted molar refractivity (Wildman–Crippen MR) is 65.7 cm³/mol. The molecule has 9 heteroatoms. The quantitative estimate of drug-likeness (QED) is 0.633. The predicted octanol–water partition coefficient (Wildman–Crippen LogP) is 3.27. The lowest BCUT2D eigenvalue weighted by Crippen LogP contribution is -2.31. The highest BCUT2D eigenvalue weighted by atomic mass is 35.5. The van der Waals surface area contributed by atoms with Gasteiger partial charge in [-0.3, -0.25) is 14.9 Å². The van der Waals surface area contributed by atoms with E-state index < -0.39 is 35.7 Å². The number of carbonyl (C=O) groups excluding carboxylic acids is 1. The van der Waals surface area contributed by atoms with Gasteiger partial charge in [0.05, 0.1) is 11.3 Å². The van der Waals surface area contributed by atoms with Crippen LogP contribution in [0.5, 0.6) is 0 Å². The first kappa shape index (κ1) is 16.2. The van der Waals surface area contributed by atoms with Crippen molar-refractivity contribution in [2.45, 2.75) is 12.6 Å². The van der Waals surface area contributed by atoms with Crippen molar-refractivity contribution in [3.05, 3.63) is 38.9 Å². The Labute approximate surface area is 117 Å². The second kappa shape index (κ2) is 6.08. The van der Waals surface area contributed by atoms with E-state index in [0.717, 1.165) is 18.0 Å². The SMILES string of the molecule is CN(CCC(F)(F)F)C(=O)c1cccc(Cl)c1[N+](=O)[O-]. The summed E-state index contributed by atoms with van der Waals surface area (Å²) < 4.78 is 36.3. The summed E-state index contributed by atoms with van der Waals surface area (Å²) in [6, 6.07) is 3.70. The molecule has 1 amide bonds. The highest BCUT2D eigenvalue weighted by Gasteiger charge is 2.30. The third kappa shape index (κ3) is 4.09. The summed E-state index contributed by atoms with van der Waals surface area (Å²) in [4.78, 5) is 22.7. The zero-order valence-corrected chi connectivity index (χ0v) is 11.0. The van der Waals surface area contributed by atoms with Crippen LogP contribution in [0.2, 0.25) is 5.02 Å². The highest BCUT2D eigenvalue weighted by Crippen LogP contribution is 2.29. The molecule has 5 nitrogen and oxygen atoms in total. The van der Waals surface area contributed by atoms with E-state index in [4.69, 9.17) is 11.6 Å². The molecule has 0 fully saturated rings. The second-order valence-corrected chi connectivity index (χ2v) is 4.39. The van der Waals surface area contributed by atoms with Gasteiger partial charge in [0.1, 0.15) is 10.6 Å². The van der Waals surface area contributed by atoms with Crippen molar-refractivity contribution in [1.82, 2.24) is 4.90 Å². The Morgan fingerprint density at radius 3 is 2.55 bits per heavy atom. The number of carbonyl (C=O) groups is 1. The molecule has 0 spiro atoms. The lowest BCUT2D eigenvalue weighted by Gasteiger charge is -2.18. The molecule has 1 aromatic rings. The monoisotopic (exact) mass is 310 g/mol. The van der Waals surface area contributed by atoms with Gasteiger partial charge in [-0.25, -0.2) is 0 Å². The van der Waals surface area contributed by atoms with Crippen LogP contribution in [0.25, 0.3) is 0 Å². The number of nitrogens with zero attached hydrogens (tertiary/aromatic N) is 2. The standard InChI is InChI=1S/C11H10ClF3N2O3/c1-16(6-5-11(13,14)15)10(18)7-3-2-4-8(12)9(7)17(19)20/h2-4H,5-6H2,1H3. The highest BCUT2D eigenvalue weighted by molar-refractivity contribution is 6.33. The van der Waals surface area contributed by atoms with E-state index in [9.17, 15) is 28.1 Å². The third-order valence-electron chi connectivity index (χ3n) is 2.48. The molecule has 0 heterocycles. The molecule has 0 aromatic heterocycles. The van der Waals surface area contributed by atoms with E-state index in [2.05, 4.69) is 0 Å². The largest absolute Gasteiger partial charge is 0.390 e. The summed E-state index contributed by atoms with van der Waals surface area (Å²) in [7, 11) is 1.14. The van der Waals surface area contributed by atoms with Crippen molar-refractivity contribution in [1.29, 1.82) is 0 Å². The van der Waals surface area contributed by atoms with E-state index in [1.165, 1.54) is 12.1 Å². The van der Waals surface area contributed by atoms with Crippen LogP contribution in [-0.4, -0.2) is 35.5 Å². The van der Waals surface area contributed by atoms with Crippen LogP contribution in [0.3, 0.4) is 0 Å². The smallest absolute Gasteiger partial charge is 0.341 e. The van der Waals surface area contributed by atoms with E-state index >= 15 is 0 Å². The fourth-order valence-electron chi connectivity index (χ4n) is 1.48. The normalized spacial score (nSPS) is 11.2. The summed E-state index contributed by atoms with van der Waals surface area (Å²) in [5, 5.41) is 10.6. The number of alkyl halides is 3. The van der Waals surface area contributed by atoms with Crippen molar-refractivity contribution in [2.24, 2.45) is 0 Å². The fraction of sp³-hybridized carbons (Fsp3) is 0.364. The molecule has 20 heavy (non-hydrogen) atoms. The van der Waals surface area contributed by atoms with Crippen LogP contribution < -0.4 is 0 Å². The van der Waals surface area contributed by atoms with Crippen molar-refractivity contribution in [2.75, 3.05) is 13.6 Å². The number of nitro groups is 1. The summed E-state index contributed by atoms with van der Waals surface area (Å²) in [6.07, 6.45) is -5.60. The molecular formula is C11H10ClF3N2O3. The number of nitro benzene ring substituents is 1. The minimum atomic E-state index is -4.41. The molecule has 0 aliphatic carbocycles. The summed E-state index contributed by atoms with van der Waals surface area (Å²) in [6.45, 7) is -0.591. The molecule has 0 N–H and O–H groups in total. The molecule has 0 saturated carbocycles. The Morgan fingerprint density at radius 2 is 2.05 bits per heavy atom. The van der Waals surface area contributed by atoms with E-state index in [1.807, 2.05) is 0 Å². The number of halogens is 4. The molecule has 0 aliphatic rings. The van der Waals surface area contributed by atoms with Gasteiger partial charge in [-0.05, 0) is 12.1 Å². The third-order valence-corrected chi connectivity index (χ3v) is 2.78. The second-order valence-electron chi connectivity index (χ2n) is 3.98. The lowest BCUT2D eigenvalue weighted by atomic mass is 10.1. The van der Waals surface area contributed by atoms with Crippen LogP contribution in [0.4, 0.5) is 18.9 Å². The first-order valence-corrected chi connectivity index (χ1v) is 5.76. The average Bonchev–Trinajstić information content (AvgIpc) is 2.33. The fourth-order valence-corrected chi connectivity index (χ4v) is 1.72. The van der Waals surface area contributed by atoms with Gasteiger partial charge in [0.25, 0.3) is 5.91 Å². The molecule has 0 saturated heterocycles. The number of amides is 1. The minimum absolute atomic E-state index is 0.245. The first-order valence-electron chi connectivity index (χ1n) is 5.38. The maximum atomic E-state index is 12.1. The van der Waals surface area contributed by atoms with Gasteiger partial charge < -0.3 is 4.90 Å². The van der Waals surface area contributed by atoms with Crippen molar-refractivity contribution >= 4 is 23.2 Å². The Morgan fingerprint density at radius 1 is 1.45 bits per heavy atom. The van der Waals surface area contributed by atoms with Crippen LogP contribution in [0.1, 0.15) is 16.8 Å². The number of rotatable bonds is 4. The van der Waals surface area contributed by atoms with E-state index in [1.54, 1.807) is 0 Å². The summed E-state index contributed by atoms with van der Waals surface area (Å²) >= 11 is 5.63. The molecule has 1 rings (SSSR count). The topological polar surface area (TPSA) is 63.5 Å². The average molecular weight is 311 g/mol. The lowest BCUT2D eigenvalue weighted by molar-refractivity contribution is -0.385. The van der Waals surface area contributed by atoms with Gasteiger partial charge in [0, 0.05) is 13.6 Å². The minimum Gasteiger partial charge on any atom is -0.341 e. The van der Waals surface area contributed by atoms with Gasteiger partial charge in [-0.1, -0.05) is 17.7 Å². The van der Waals surface area contributed by atoms with Gasteiger partial charge in [-0.15, -0.1) is 0 Å². The molecule has 0 atom stereocenters. The van der Waals surface area contributed by atoms with Crippen LogP contribution >= 0.6 is 11.6 Å². The van der Waals surface area contributed by atoms with Crippen molar-refractivity contribution in [3.8, 4) is 0 Å². The van der Waals surface area contributed by atoms with Crippen molar-refractivity contribution < 1.29 is 22.9 Å². The Hall–Kier alpha value is -1.83. The molecule has 110 valence electrons. The number of hydrogen-bond donors (Lipinski definition) is 0. The van der Waals surface area contributed by atoms with E-state index in [-0.39, 0.29) is 10.6 Å². The molecule has 0 bridgehead atoms. The van der Waals surface area contributed by atoms with Gasteiger partial charge in [-0.2, -0.15) is 13.2 Å². The Bertz CT molecular complexity index is 534. The van der Waals surface area contributed by atoms with Crippen molar-refractivity contribution in [3.63, 3.8) is 0 Å². The van der Waals surface area contributed by atoms with Crippen LogP contribution in [-0.2, 0) is 0 Å². The molecular weight excluding hydrogens is 301 g/mol. The maximum absolute atomic E-state index is 12.1. The van der Waals surface area contributed by atoms with Crippen LogP contribution in [0, 0.1) is 10.1 Å². The zero-order valence-electron chi connectivity index (χ0n) is 10.3. The molecule has 0 aliphatic heterocycles. The van der Waals surface area contributed by atoms with Gasteiger partial charge >= 0.3 is 11.9 Å². The summed E-state index contributed by atoms with van der Waals surface area (Å²) in [5.41, 5.74) is -0.954. The summed E-state index contributed by atoms with van der Waals surface area (Å²) in [5.74, 6) is -0.886. The molecule has 0 radical (unpaired) electrons. The number of para-hydroxylation sites is 1. The molecule has 1 aromatic carbocycles. The Kier molecular flexibility index (Phi) is 4.93. The Balaban J connectivity index is 2.98. The zero-order chi connectivity index (χ0) is 15.5. The number of benzene rings is 1. The maximum Gasteiger partial charge on any atom is 0.390 e. The van der Waals surface area contributed by atoms with Crippen LogP contribution in [0.15, 0.2) is 18.2 Å². The van der Waals surface area contributed by atoms with E-state index in [0.29, 0.717) is 0 Å². The molecule has 0 unspecified atom stereocenters.